The minimum absolute atomic E-state index is 0.0871. The lowest BCUT2D eigenvalue weighted by Gasteiger charge is -2.34. The van der Waals surface area contributed by atoms with E-state index >= 15 is 0 Å². The van der Waals surface area contributed by atoms with Crippen molar-refractivity contribution in [2.45, 2.75) is 31.3 Å². The largest absolute Gasteiger partial charge is 0.434 e. The second-order valence-corrected chi connectivity index (χ2v) is 10.4. The minimum atomic E-state index is -2.98. The number of likely N-dealkylation sites (tertiary alicyclic amines) is 2. The Labute approximate surface area is 213 Å². The number of hydrogen-bond acceptors (Lipinski definition) is 4. The SMILES string of the molecule is O=C(c1ccccc1OC(F)F)N1CC(CN2CCC(c3ccc(F)cc3)CC2)C(c2ccsc2)C1. The van der Waals surface area contributed by atoms with E-state index in [0.717, 1.165) is 32.5 Å². The van der Waals surface area contributed by atoms with Crippen molar-refractivity contribution in [2.24, 2.45) is 5.92 Å². The van der Waals surface area contributed by atoms with E-state index < -0.39 is 6.61 Å². The molecule has 36 heavy (non-hydrogen) atoms. The van der Waals surface area contributed by atoms with Crippen molar-refractivity contribution in [2.75, 3.05) is 32.7 Å². The van der Waals surface area contributed by atoms with Gasteiger partial charge in [-0.25, -0.2) is 4.39 Å². The zero-order chi connectivity index (χ0) is 25.1. The third kappa shape index (κ3) is 5.60. The van der Waals surface area contributed by atoms with Crippen molar-refractivity contribution in [3.63, 3.8) is 0 Å². The fourth-order valence-electron chi connectivity index (χ4n) is 5.61. The van der Waals surface area contributed by atoms with Gasteiger partial charge in [0.2, 0.25) is 0 Å². The summed E-state index contributed by atoms with van der Waals surface area (Å²) in [6.45, 7) is 0.911. The Bertz CT molecular complexity index is 1150. The molecule has 0 N–H and O–H groups in total. The van der Waals surface area contributed by atoms with E-state index in [1.54, 1.807) is 34.4 Å². The summed E-state index contributed by atoms with van der Waals surface area (Å²) in [5.74, 6) is 0.300. The number of alkyl halides is 2. The van der Waals surface area contributed by atoms with Gasteiger partial charge in [-0.1, -0.05) is 24.3 Å². The Morgan fingerprint density at radius 1 is 1.00 bits per heavy atom. The van der Waals surface area contributed by atoms with Crippen LogP contribution in [0.4, 0.5) is 13.2 Å². The standard InChI is InChI=1S/C28H29F3N2O2S/c29-23-7-5-19(6-8-23)20-9-12-32(13-10-20)15-22-16-33(17-25(22)21-11-14-36-18-21)27(34)24-3-1-2-4-26(24)35-28(30)31/h1-8,11,14,18,20,22,25,28H,9-10,12-13,15-17H2. The minimum Gasteiger partial charge on any atom is -0.434 e. The molecule has 0 bridgehead atoms. The first kappa shape index (κ1) is 24.8. The summed E-state index contributed by atoms with van der Waals surface area (Å²) in [4.78, 5) is 17.6. The predicted molar refractivity (Wildman–Crippen MR) is 134 cm³/mol. The van der Waals surface area contributed by atoms with Crippen molar-refractivity contribution in [3.8, 4) is 5.75 Å². The van der Waals surface area contributed by atoms with Gasteiger partial charge < -0.3 is 14.5 Å². The molecule has 3 aromatic rings. The molecule has 190 valence electrons. The number of piperidine rings is 1. The highest BCUT2D eigenvalue weighted by Crippen LogP contribution is 2.37. The molecule has 0 saturated carbocycles. The van der Waals surface area contributed by atoms with Gasteiger partial charge >= 0.3 is 6.61 Å². The molecule has 2 fully saturated rings. The highest BCUT2D eigenvalue weighted by molar-refractivity contribution is 7.08. The molecule has 2 saturated heterocycles. The van der Waals surface area contributed by atoms with Crippen LogP contribution >= 0.6 is 11.3 Å². The van der Waals surface area contributed by atoms with E-state index in [0.29, 0.717) is 19.0 Å². The molecule has 1 amide bonds. The van der Waals surface area contributed by atoms with Crippen molar-refractivity contribution in [3.05, 3.63) is 87.9 Å². The molecular weight excluding hydrogens is 485 g/mol. The van der Waals surface area contributed by atoms with Gasteiger partial charge in [0.15, 0.2) is 0 Å². The summed E-state index contributed by atoms with van der Waals surface area (Å²) in [7, 11) is 0. The summed E-state index contributed by atoms with van der Waals surface area (Å²) in [5, 5.41) is 4.19. The molecule has 2 aliphatic rings. The van der Waals surface area contributed by atoms with Gasteiger partial charge in [-0.15, -0.1) is 0 Å². The average molecular weight is 515 g/mol. The number of thiophene rings is 1. The molecule has 2 unspecified atom stereocenters. The second-order valence-electron chi connectivity index (χ2n) is 9.63. The molecular formula is C28H29F3N2O2S. The Morgan fingerprint density at radius 3 is 2.44 bits per heavy atom. The fraction of sp³-hybridized carbons (Fsp3) is 0.393. The summed E-state index contributed by atoms with van der Waals surface area (Å²) >= 11 is 1.64. The smallest absolute Gasteiger partial charge is 0.387 e. The lowest BCUT2D eigenvalue weighted by atomic mass is 9.87. The van der Waals surface area contributed by atoms with Gasteiger partial charge in [-0.2, -0.15) is 20.1 Å². The maximum Gasteiger partial charge on any atom is 0.387 e. The second kappa shape index (κ2) is 11.0. The molecule has 2 aromatic carbocycles. The Hall–Kier alpha value is -2.84. The molecule has 4 nitrogen and oxygen atoms in total. The van der Waals surface area contributed by atoms with Crippen LogP contribution in [0.3, 0.4) is 0 Å². The van der Waals surface area contributed by atoms with Gasteiger partial charge in [0.05, 0.1) is 5.56 Å². The monoisotopic (exact) mass is 514 g/mol. The first-order chi connectivity index (χ1) is 17.5. The highest BCUT2D eigenvalue weighted by Gasteiger charge is 2.38. The van der Waals surface area contributed by atoms with E-state index in [1.165, 1.54) is 29.3 Å². The van der Waals surface area contributed by atoms with E-state index in [1.807, 2.05) is 12.1 Å². The third-order valence-corrected chi connectivity index (χ3v) is 8.16. The average Bonchev–Trinajstić information content (AvgIpc) is 3.55. The number of halogens is 3. The first-order valence-electron chi connectivity index (χ1n) is 12.3. The fourth-order valence-corrected chi connectivity index (χ4v) is 6.34. The number of rotatable bonds is 7. The first-order valence-corrected chi connectivity index (χ1v) is 13.2. The van der Waals surface area contributed by atoms with Crippen LogP contribution < -0.4 is 4.74 Å². The number of para-hydroxylation sites is 1. The zero-order valence-electron chi connectivity index (χ0n) is 19.9. The Morgan fingerprint density at radius 2 is 1.75 bits per heavy atom. The van der Waals surface area contributed by atoms with Gasteiger partial charge in [-0.05, 0) is 90.0 Å². The number of nitrogens with zero attached hydrogens (tertiary/aromatic N) is 2. The molecule has 2 atom stereocenters. The summed E-state index contributed by atoms with van der Waals surface area (Å²) in [6.07, 6.45) is 2.03. The molecule has 5 rings (SSSR count). The summed E-state index contributed by atoms with van der Waals surface area (Å²) in [6, 6.07) is 15.2. The van der Waals surface area contributed by atoms with Crippen LogP contribution in [0, 0.1) is 11.7 Å². The number of benzene rings is 2. The van der Waals surface area contributed by atoms with Crippen molar-refractivity contribution >= 4 is 17.2 Å². The van der Waals surface area contributed by atoms with Gasteiger partial charge in [0, 0.05) is 25.6 Å². The normalized spacial score (nSPS) is 21.3. The van der Waals surface area contributed by atoms with Crippen LogP contribution in [0.25, 0.3) is 0 Å². The van der Waals surface area contributed by atoms with Crippen LogP contribution in [-0.2, 0) is 0 Å². The third-order valence-electron chi connectivity index (χ3n) is 7.45. The quantitative estimate of drug-likeness (QED) is 0.375. The molecule has 0 spiro atoms. The maximum atomic E-state index is 13.4. The topological polar surface area (TPSA) is 32.8 Å². The maximum absolute atomic E-state index is 13.4. The highest BCUT2D eigenvalue weighted by atomic mass is 32.1. The van der Waals surface area contributed by atoms with Crippen molar-refractivity contribution < 1.29 is 22.7 Å². The molecule has 8 heteroatoms. The van der Waals surface area contributed by atoms with Crippen LogP contribution in [-0.4, -0.2) is 55.0 Å². The number of amides is 1. The lowest BCUT2D eigenvalue weighted by Crippen LogP contribution is -2.38. The Balaban J connectivity index is 1.27. The van der Waals surface area contributed by atoms with Crippen LogP contribution in [0.2, 0.25) is 0 Å². The van der Waals surface area contributed by atoms with Gasteiger partial charge in [-0.3, -0.25) is 4.79 Å². The predicted octanol–water partition coefficient (Wildman–Crippen LogP) is 6.22. The number of ether oxygens (including phenoxy) is 1. The molecule has 0 aliphatic carbocycles. The van der Waals surface area contributed by atoms with Gasteiger partial charge in [0.25, 0.3) is 5.91 Å². The summed E-state index contributed by atoms with van der Waals surface area (Å²) < 4.78 is 43.7. The summed E-state index contributed by atoms with van der Waals surface area (Å²) in [5.41, 5.74) is 2.58. The van der Waals surface area contributed by atoms with Crippen LogP contribution in [0.5, 0.6) is 5.75 Å². The van der Waals surface area contributed by atoms with Crippen molar-refractivity contribution in [1.29, 1.82) is 0 Å². The van der Waals surface area contributed by atoms with E-state index in [4.69, 9.17) is 0 Å². The van der Waals surface area contributed by atoms with Gasteiger partial charge in [0.1, 0.15) is 11.6 Å². The van der Waals surface area contributed by atoms with Crippen LogP contribution in [0.15, 0.2) is 65.4 Å². The molecule has 1 aromatic heterocycles. The van der Waals surface area contributed by atoms with E-state index in [9.17, 15) is 18.0 Å². The molecule has 2 aliphatic heterocycles. The number of hydrogen-bond donors (Lipinski definition) is 0. The molecule has 0 radical (unpaired) electrons. The molecule has 3 heterocycles. The van der Waals surface area contributed by atoms with E-state index in [2.05, 4.69) is 26.5 Å². The Kier molecular flexibility index (Phi) is 7.62. The van der Waals surface area contributed by atoms with Crippen molar-refractivity contribution in [1.82, 2.24) is 9.80 Å². The lowest BCUT2D eigenvalue weighted by molar-refractivity contribution is -0.0502. The zero-order valence-corrected chi connectivity index (χ0v) is 20.7. The van der Waals surface area contributed by atoms with Crippen LogP contribution in [0.1, 0.15) is 46.2 Å². The number of carbonyl (C=O) groups is 1. The number of carbonyl (C=O) groups excluding carboxylic acids is 1. The van der Waals surface area contributed by atoms with E-state index in [-0.39, 0.29) is 34.9 Å².